The van der Waals surface area contributed by atoms with Crippen molar-refractivity contribution in [3.63, 3.8) is 0 Å². The van der Waals surface area contributed by atoms with Gasteiger partial charge in [0.15, 0.2) is 0 Å². The quantitative estimate of drug-likeness (QED) is 0.659. The number of alkyl carbamates (subject to hydrolysis) is 1. The molecule has 6 rings (SSSR count). The van der Waals surface area contributed by atoms with E-state index >= 15 is 0 Å². The summed E-state index contributed by atoms with van der Waals surface area (Å²) in [5.74, 6) is 2.04. The molecule has 0 saturated carbocycles. The molecule has 6 heteroatoms. The fourth-order valence-electron chi connectivity index (χ4n) is 5.89. The average molecular weight is 465 g/mol. The van der Waals surface area contributed by atoms with Crippen molar-refractivity contribution in [2.45, 2.75) is 51.7 Å². The lowest BCUT2D eigenvalue weighted by Crippen LogP contribution is -2.53. The first kappa shape index (κ1) is 23.0. The van der Waals surface area contributed by atoms with Crippen LogP contribution < -0.4 is 14.8 Å². The highest BCUT2D eigenvalue weighted by atomic mass is 16.6. The lowest BCUT2D eigenvalue weighted by atomic mass is 9.70. The second-order valence-corrected chi connectivity index (χ2v) is 10.7. The molecule has 182 valence electrons. The summed E-state index contributed by atoms with van der Waals surface area (Å²) in [5.41, 5.74) is 4.56. The van der Waals surface area contributed by atoms with Gasteiger partial charge in [0.05, 0.1) is 20.3 Å². The van der Waals surface area contributed by atoms with Gasteiger partial charge in [-0.3, -0.25) is 4.90 Å². The number of amides is 1. The SMILES string of the molecule is COc1cc(OC)cc(-c2ccc3c(c2)CCC(C)(C)C3NC(=O)O[C@H]2CN3CCC2CC3)c1. The number of nitrogens with one attached hydrogen (secondary N) is 1. The van der Waals surface area contributed by atoms with Crippen molar-refractivity contribution in [2.75, 3.05) is 33.9 Å². The zero-order valence-electron chi connectivity index (χ0n) is 20.7. The normalized spacial score (nSPS) is 26.9. The standard InChI is InChI=1S/C28H36N2O4/c1-28(2)10-7-20-13-19(21-14-22(32-3)16-23(15-21)33-4)5-6-24(20)26(28)29-27(31)34-25-17-30-11-8-18(25)9-12-30/h5-6,13-16,18,25-26H,7-12,17H2,1-4H3,(H,29,31)/t25-,26?/m0/s1. The minimum Gasteiger partial charge on any atom is -0.497 e. The molecule has 2 bridgehead atoms. The Kier molecular flexibility index (Phi) is 6.19. The average Bonchev–Trinajstić information content (AvgIpc) is 2.86. The largest absolute Gasteiger partial charge is 0.497 e. The molecular formula is C28H36N2O4. The van der Waals surface area contributed by atoms with E-state index in [-0.39, 0.29) is 23.7 Å². The van der Waals surface area contributed by atoms with Gasteiger partial charge in [-0.25, -0.2) is 4.79 Å². The van der Waals surface area contributed by atoms with Crippen molar-refractivity contribution in [3.8, 4) is 22.6 Å². The smallest absolute Gasteiger partial charge is 0.407 e. The number of fused-ring (bicyclic) bond motifs is 4. The number of benzene rings is 2. The van der Waals surface area contributed by atoms with Crippen molar-refractivity contribution in [1.82, 2.24) is 10.2 Å². The maximum Gasteiger partial charge on any atom is 0.407 e. The first-order valence-electron chi connectivity index (χ1n) is 12.4. The predicted octanol–water partition coefficient (Wildman–Crippen LogP) is 5.20. The third-order valence-electron chi connectivity index (χ3n) is 8.08. The number of hydrogen-bond donors (Lipinski definition) is 1. The minimum absolute atomic E-state index is 0.0130. The highest BCUT2D eigenvalue weighted by molar-refractivity contribution is 5.71. The van der Waals surface area contributed by atoms with Gasteiger partial charge in [0.2, 0.25) is 0 Å². The molecule has 1 aliphatic carbocycles. The second kappa shape index (κ2) is 9.14. The molecule has 6 nitrogen and oxygen atoms in total. The highest BCUT2D eigenvalue weighted by Crippen LogP contribution is 2.45. The molecule has 1 amide bonds. The zero-order chi connectivity index (χ0) is 23.9. The summed E-state index contributed by atoms with van der Waals surface area (Å²) in [5, 5.41) is 3.25. The number of piperidine rings is 3. The molecule has 1 unspecified atom stereocenters. The summed E-state index contributed by atoms with van der Waals surface area (Å²) in [6.45, 7) is 7.61. The van der Waals surface area contributed by atoms with Crippen LogP contribution >= 0.6 is 0 Å². The summed E-state index contributed by atoms with van der Waals surface area (Å²) >= 11 is 0. The van der Waals surface area contributed by atoms with E-state index < -0.39 is 0 Å². The van der Waals surface area contributed by atoms with E-state index in [2.05, 4.69) is 42.3 Å². The Morgan fingerprint density at radius 2 is 1.71 bits per heavy atom. The Labute approximate surface area is 202 Å². The van der Waals surface area contributed by atoms with Gasteiger partial charge in [0, 0.05) is 12.6 Å². The molecule has 3 aliphatic heterocycles. The first-order valence-corrected chi connectivity index (χ1v) is 12.4. The van der Waals surface area contributed by atoms with Crippen LogP contribution in [0.3, 0.4) is 0 Å². The van der Waals surface area contributed by atoms with Gasteiger partial charge in [0.25, 0.3) is 0 Å². The monoisotopic (exact) mass is 464 g/mol. The van der Waals surface area contributed by atoms with Crippen LogP contribution in [-0.4, -0.2) is 51.0 Å². The van der Waals surface area contributed by atoms with Crippen LogP contribution in [0.2, 0.25) is 0 Å². The third-order valence-corrected chi connectivity index (χ3v) is 8.08. The molecule has 3 heterocycles. The number of rotatable bonds is 5. The van der Waals surface area contributed by atoms with Crippen molar-refractivity contribution in [3.05, 3.63) is 47.5 Å². The molecule has 1 N–H and O–H groups in total. The number of nitrogens with zero attached hydrogens (tertiary/aromatic N) is 1. The minimum atomic E-state index is -0.286. The number of hydrogen-bond acceptors (Lipinski definition) is 5. The molecule has 2 atom stereocenters. The van der Waals surface area contributed by atoms with Crippen LogP contribution in [0, 0.1) is 11.3 Å². The van der Waals surface area contributed by atoms with Crippen LogP contribution in [0.4, 0.5) is 4.79 Å². The lowest BCUT2D eigenvalue weighted by molar-refractivity contribution is -0.0353. The summed E-state index contributed by atoms with van der Waals surface area (Å²) in [4.78, 5) is 15.4. The molecule has 34 heavy (non-hydrogen) atoms. The van der Waals surface area contributed by atoms with Crippen LogP contribution in [-0.2, 0) is 11.2 Å². The summed E-state index contributed by atoms with van der Waals surface area (Å²) < 4.78 is 16.9. The van der Waals surface area contributed by atoms with Gasteiger partial charge >= 0.3 is 6.09 Å². The molecule has 2 aromatic carbocycles. The zero-order valence-corrected chi connectivity index (χ0v) is 20.7. The molecule has 0 spiro atoms. The topological polar surface area (TPSA) is 60.0 Å². The number of carbonyl (C=O) groups excluding carboxylic acids is 1. The van der Waals surface area contributed by atoms with E-state index in [0.29, 0.717) is 5.92 Å². The molecule has 3 fully saturated rings. The maximum atomic E-state index is 13.0. The van der Waals surface area contributed by atoms with Gasteiger partial charge < -0.3 is 19.5 Å². The first-order chi connectivity index (χ1) is 16.4. The molecule has 0 aromatic heterocycles. The molecule has 3 saturated heterocycles. The van der Waals surface area contributed by atoms with E-state index in [1.807, 2.05) is 18.2 Å². The fraction of sp³-hybridized carbons (Fsp3) is 0.536. The summed E-state index contributed by atoms with van der Waals surface area (Å²) in [7, 11) is 3.33. The molecule has 0 radical (unpaired) electrons. The maximum absolute atomic E-state index is 13.0. The van der Waals surface area contributed by atoms with Crippen LogP contribution in [0.15, 0.2) is 36.4 Å². The van der Waals surface area contributed by atoms with Crippen LogP contribution in [0.5, 0.6) is 11.5 Å². The van der Waals surface area contributed by atoms with E-state index in [1.165, 1.54) is 11.1 Å². The predicted molar refractivity (Wildman–Crippen MR) is 132 cm³/mol. The summed E-state index contributed by atoms with van der Waals surface area (Å²) in [6, 6.07) is 12.4. The van der Waals surface area contributed by atoms with E-state index in [9.17, 15) is 4.79 Å². The van der Waals surface area contributed by atoms with Crippen LogP contribution in [0.1, 0.15) is 50.3 Å². The van der Waals surface area contributed by atoms with Gasteiger partial charge in [-0.15, -0.1) is 0 Å². The van der Waals surface area contributed by atoms with Crippen molar-refractivity contribution >= 4 is 6.09 Å². The van der Waals surface area contributed by atoms with Crippen molar-refractivity contribution in [2.24, 2.45) is 11.3 Å². The Morgan fingerprint density at radius 3 is 2.32 bits per heavy atom. The van der Waals surface area contributed by atoms with E-state index in [0.717, 1.165) is 67.9 Å². The lowest BCUT2D eigenvalue weighted by Gasteiger charge is -2.44. The van der Waals surface area contributed by atoms with Crippen molar-refractivity contribution in [1.29, 1.82) is 0 Å². The van der Waals surface area contributed by atoms with Gasteiger partial charge in [-0.2, -0.15) is 0 Å². The number of ether oxygens (including phenoxy) is 3. The van der Waals surface area contributed by atoms with E-state index in [1.54, 1.807) is 14.2 Å². The highest BCUT2D eigenvalue weighted by Gasteiger charge is 2.40. The molecule has 4 aliphatic rings. The number of carbonyl (C=O) groups is 1. The molecular weight excluding hydrogens is 428 g/mol. The second-order valence-electron chi connectivity index (χ2n) is 10.7. The number of methoxy groups -OCH3 is 2. The van der Waals surface area contributed by atoms with Gasteiger partial charge in [0.1, 0.15) is 17.6 Å². The van der Waals surface area contributed by atoms with Crippen LogP contribution in [0.25, 0.3) is 11.1 Å². The fourth-order valence-corrected chi connectivity index (χ4v) is 5.89. The third kappa shape index (κ3) is 4.48. The Hall–Kier alpha value is -2.73. The Balaban J connectivity index is 1.37. The van der Waals surface area contributed by atoms with Crippen molar-refractivity contribution < 1.29 is 19.0 Å². The Bertz CT molecular complexity index is 1040. The number of aryl methyl sites for hydroxylation is 1. The van der Waals surface area contributed by atoms with Gasteiger partial charge in [-0.1, -0.05) is 32.0 Å². The summed E-state index contributed by atoms with van der Waals surface area (Å²) in [6.07, 6.45) is 3.96. The molecule has 2 aromatic rings. The Morgan fingerprint density at radius 1 is 1.00 bits per heavy atom. The van der Waals surface area contributed by atoms with E-state index in [4.69, 9.17) is 14.2 Å². The van der Waals surface area contributed by atoms with Gasteiger partial charge in [-0.05, 0) is 84.5 Å².